The molecular weight excluding hydrogens is 257 g/mol. The Labute approximate surface area is 110 Å². The maximum absolute atomic E-state index is 12.1. The van der Waals surface area contributed by atoms with E-state index < -0.39 is 6.36 Å². The predicted molar refractivity (Wildman–Crippen MR) is 65.9 cm³/mol. The molecule has 1 aliphatic rings. The molecule has 0 aliphatic carbocycles. The van der Waals surface area contributed by atoms with E-state index in [1.165, 1.54) is 12.1 Å². The van der Waals surface area contributed by atoms with Crippen LogP contribution >= 0.6 is 0 Å². The van der Waals surface area contributed by atoms with Gasteiger partial charge in [-0.15, -0.1) is 13.2 Å². The molecule has 0 amide bonds. The van der Waals surface area contributed by atoms with Crippen molar-refractivity contribution in [2.45, 2.75) is 25.9 Å². The summed E-state index contributed by atoms with van der Waals surface area (Å²) in [6, 6.07) is 6.57. The van der Waals surface area contributed by atoms with Crippen LogP contribution in [0, 0.1) is 0 Å². The Balaban J connectivity index is 1.98. The van der Waals surface area contributed by atoms with Crippen LogP contribution in [0.4, 0.5) is 13.2 Å². The number of piperazine rings is 1. The molecule has 1 aliphatic heterocycles. The number of halogens is 3. The van der Waals surface area contributed by atoms with Gasteiger partial charge in [0.05, 0.1) is 0 Å². The number of ether oxygens (including phenoxy) is 1. The fourth-order valence-corrected chi connectivity index (χ4v) is 2.25. The van der Waals surface area contributed by atoms with Gasteiger partial charge >= 0.3 is 6.36 Å². The summed E-state index contributed by atoms with van der Waals surface area (Å²) < 4.78 is 40.3. The van der Waals surface area contributed by atoms with Gasteiger partial charge in [0, 0.05) is 32.2 Å². The van der Waals surface area contributed by atoms with Crippen LogP contribution in [-0.4, -0.2) is 36.9 Å². The first-order chi connectivity index (χ1) is 8.92. The van der Waals surface area contributed by atoms with Crippen molar-refractivity contribution >= 4 is 0 Å². The highest BCUT2D eigenvalue weighted by Gasteiger charge is 2.31. The summed E-state index contributed by atoms with van der Waals surface area (Å²) in [5.74, 6) is -0.159. The summed E-state index contributed by atoms with van der Waals surface area (Å²) in [5.41, 5.74) is 0.829. The monoisotopic (exact) mass is 274 g/mol. The first-order valence-corrected chi connectivity index (χ1v) is 6.23. The fourth-order valence-electron chi connectivity index (χ4n) is 2.25. The van der Waals surface area contributed by atoms with Crippen LogP contribution in [-0.2, 0) is 6.54 Å². The molecule has 1 saturated heterocycles. The molecule has 0 saturated carbocycles. The third-order valence-electron chi connectivity index (χ3n) is 2.99. The van der Waals surface area contributed by atoms with E-state index in [0.717, 1.165) is 25.2 Å². The van der Waals surface area contributed by atoms with Gasteiger partial charge in [0.15, 0.2) is 0 Å². The highest BCUT2D eigenvalue weighted by Crippen LogP contribution is 2.23. The molecule has 1 heterocycles. The summed E-state index contributed by atoms with van der Waals surface area (Å²) in [7, 11) is 0. The van der Waals surface area contributed by atoms with E-state index in [2.05, 4.69) is 21.9 Å². The molecule has 6 heteroatoms. The topological polar surface area (TPSA) is 24.5 Å². The maximum Gasteiger partial charge on any atom is 0.573 e. The molecule has 1 aromatic rings. The third kappa shape index (κ3) is 4.72. The third-order valence-corrected chi connectivity index (χ3v) is 2.99. The second kappa shape index (κ2) is 5.79. The first kappa shape index (κ1) is 14.1. The second-order valence-corrected chi connectivity index (χ2v) is 4.79. The number of hydrogen-bond donors (Lipinski definition) is 1. The van der Waals surface area contributed by atoms with E-state index in [9.17, 15) is 13.2 Å². The molecule has 19 heavy (non-hydrogen) atoms. The number of benzene rings is 1. The largest absolute Gasteiger partial charge is 0.573 e. The van der Waals surface area contributed by atoms with Gasteiger partial charge < -0.3 is 10.1 Å². The summed E-state index contributed by atoms with van der Waals surface area (Å²) in [5, 5.41) is 3.33. The van der Waals surface area contributed by atoms with Gasteiger partial charge in [-0.1, -0.05) is 12.1 Å². The lowest BCUT2D eigenvalue weighted by Gasteiger charge is -2.31. The van der Waals surface area contributed by atoms with Crippen molar-refractivity contribution in [1.82, 2.24) is 10.2 Å². The van der Waals surface area contributed by atoms with Crippen LogP contribution in [0.2, 0.25) is 0 Å². The van der Waals surface area contributed by atoms with Gasteiger partial charge in [0.2, 0.25) is 0 Å². The molecule has 0 radical (unpaired) electrons. The molecule has 1 fully saturated rings. The lowest BCUT2D eigenvalue weighted by Crippen LogP contribution is -2.48. The van der Waals surface area contributed by atoms with E-state index in [1.807, 2.05) is 6.07 Å². The quantitative estimate of drug-likeness (QED) is 0.916. The zero-order chi connectivity index (χ0) is 13.9. The zero-order valence-corrected chi connectivity index (χ0v) is 10.7. The summed E-state index contributed by atoms with van der Waals surface area (Å²) in [6.07, 6.45) is -4.64. The zero-order valence-electron chi connectivity index (χ0n) is 10.7. The minimum atomic E-state index is -4.64. The molecule has 1 aromatic carbocycles. The highest BCUT2D eigenvalue weighted by molar-refractivity contribution is 5.28. The van der Waals surface area contributed by atoms with Crippen molar-refractivity contribution in [2.24, 2.45) is 0 Å². The Morgan fingerprint density at radius 2 is 2.21 bits per heavy atom. The molecule has 106 valence electrons. The fraction of sp³-hybridized carbons (Fsp3) is 0.538. The normalized spacial score (nSPS) is 21.4. The Bertz CT molecular complexity index is 423. The highest BCUT2D eigenvalue weighted by atomic mass is 19.4. The van der Waals surface area contributed by atoms with Crippen LogP contribution in [0.1, 0.15) is 12.5 Å². The molecule has 0 bridgehead atoms. The molecule has 0 spiro atoms. The summed E-state index contributed by atoms with van der Waals surface area (Å²) in [6.45, 7) is 5.43. The van der Waals surface area contributed by atoms with Crippen molar-refractivity contribution in [3.05, 3.63) is 29.8 Å². The SMILES string of the molecule is C[C@H]1CN(Cc2cccc(OC(F)(F)F)c2)CCN1. The number of nitrogens with one attached hydrogen (secondary N) is 1. The van der Waals surface area contributed by atoms with Crippen LogP contribution in [0.25, 0.3) is 0 Å². The Hall–Kier alpha value is -1.27. The van der Waals surface area contributed by atoms with Crippen LogP contribution in [0.5, 0.6) is 5.75 Å². The van der Waals surface area contributed by atoms with E-state index >= 15 is 0 Å². The van der Waals surface area contributed by atoms with Gasteiger partial charge in [-0.3, -0.25) is 4.90 Å². The number of rotatable bonds is 3. The van der Waals surface area contributed by atoms with E-state index in [-0.39, 0.29) is 5.75 Å². The standard InChI is InChI=1S/C13H17F3N2O/c1-10-8-18(6-5-17-10)9-11-3-2-4-12(7-11)19-13(14,15)16/h2-4,7,10,17H,5-6,8-9H2,1H3/t10-/m0/s1. The van der Waals surface area contributed by atoms with Gasteiger partial charge in [-0.2, -0.15) is 0 Å². The second-order valence-electron chi connectivity index (χ2n) is 4.79. The molecule has 1 atom stereocenters. The molecule has 0 unspecified atom stereocenters. The molecule has 2 rings (SSSR count). The number of nitrogens with zero attached hydrogens (tertiary/aromatic N) is 1. The predicted octanol–water partition coefficient (Wildman–Crippen LogP) is 2.38. The van der Waals surface area contributed by atoms with Gasteiger partial charge in [0.25, 0.3) is 0 Å². The Morgan fingerprint density at radius 1 is 1.42 bits per heavy atom. The average molecular weight is 274 g/mol. The van der Waals surface area contributed by atoms with E-state index in [0.29, 0.717) is 12.6 Å². The Morgan fingerprint density at radius 3 is 2.89 bits per heavy atom. The van der Waals surface area contributed by atoms with Gasteiger partial charge in [-0.25, -0.2) is 0 Å². The molecule has 1 N–H and O–H groups in total. The van der Waals surface area contributed by atoms with E-state index in [4.69, 9.17) is 0 Å². The van der Waals surface area contributed by atoms with Gasteiger partial charge in [-0.05, 0) is 24.6 Å². The van der Waals surface area contributed by atoms with Crippen molar-refractivity contribution in [3.8, 4) is 5.75 Å². The van der Waals surface area contributed by atoms with Crippen LogP contribution in [0.15, 0.2) is 24.3 Å². The van der Waals surface area contributed by atoms with Crippen molar-refractivity contribution in [3.63, 3.8) is 0 Å². The van der Waals surface area contributed by atoms with Crippen LogP contribution < -0.4 is 10.1 Å². The van der Waals surface area contributed by atoms with Crippen molar-refractivity contribution in [1.29, 1.82) is 0 Å². The van der Waals surface area contributed by atoms with Crippen molar-refractivity contribution in [2.75, 3.05) is 19.6 Å². The smallest absolute Gasteiger partial charge is 0.406 e. The minimum Gasteiger partial charge on any atom is -0.406 e. The summed E-state index contributed by atoms with van der Waals surface area (Å²) in [4.78, 5) is 2.22. The maximum atomic E-state index is 12.1. The lowest BCUT2D eigenvalue weighted by atomic mass is 10.1. The summed E-state index contributed by atoms with van der Waals surface area (Å²) >= 11 is 0. The van der Waals surface area contributed by atoms with Crippen LogP contribution in [0.3, 0.4) is 0 Å². The van der Waals surface area contributed by atoms with Crippen molar-refractivity contribution < 1.29 is 17.9 Å². The number of alkyl halides is 3. The Kier molecular flexibility index (Phi) is 4.31. The van der Waals surface area contributed by atoms with E-state index in [1.54, 1.807) is 6.07 Å². The average Bonchev–Trinajstić information content (AvgIpc) is 2.27. The molecule has 0 aromatic heterocycles. The first-order valence-electron chi connectivity index (χ1n) is 6.23. The molecule has 3 nitrogen and oxygen atoms in total. The number of hydrogen-bond acceptors (Lipinski definition) is 3. The minimum absolute atomic E-state index is 0.159. The molecular formula is C13H17F3N2O. The lowest BCUT2D eigenvalue weighted by molar-refractivity contribution is -0.274. The van der Waals surface area contributed by atoms with Gasteiger partial charge in [0.1, 0.15) is 5.75 Å².